The fraction of sp³-hybridized carbons (Fsp3) is 0.143. The van der Waals surface area contributed by atoms with Gasteiger partial charge in [-0.05, 0) is 28.1 Å². The van der Waals surface area contributed by atoms with Crippen LogP contribution in [0.5, 0.6) is 0 Å². The first kappa shape index (κ1) is 13.0. The van der Waals surface area contributed by atoms with Gasteiger partial charge in [0.05, 0.1) is 14.3 Å². The second kappa shape index (κ2) is 4.42. The summed E-state index contributed by atoms with van der Waals surface area (Å²) in [7, 11) is -4.73. The minimum absolute atomic E-state index is 0.167. The Morgan fingerprint density at radius 2 is 1.94 bits per heavy atom. The van der Waals surface area contributed by atoms with E-state index in [1.54, 1.807) is 0 Å². The third-order valence-electron chi connectivity index (χ3n) is 1.68. The molecule has 16 heavy (non-hydrogen) atoms. The fourth-order valence-corrected chi connectivity index (χ4v) is 2.34. The molecule has 0 saturated heterocycles. The molecule has 0 radical (unpaired) electrons. The van der Waals surface area contributed by atoms with E-state index in [2.05, 4.69) is 15.9 Å². The van der Waals surface area contributed by atoms with Gasteiger partial charge in [0.1, 0.15) is 0 Å². The van der Waals surface area contributed by atoms with E-state index in [9.17, 15) is 27.3 Å². The molecule has 0 unspecified atom stereocenters. The summed E-state index contributed by atoms with van der Waals surface area (Å²) in [6, 6.07) is 2.39. The maximum absolute atomic E-state index is 12.2. The van der Waals surface area contributed by atoms with Crippen LogP contribution in [0.15, 0.2) is 27.6 Å². The van der Waals surface area contributed by atoms with E-state index in [0.29, 0.717) is 0 Å². The monoisotopic (exact) mass is 315 g/mol. The Morgan fingerprint density at radius 1 is 1.38 bits per heavy atom. The Balaban J connectivity index is 3.32. The number of halogens is 3. The summed E-state index contributed by atoms with van der Waals surface area (Å²) < 4.78 is 46.2. The van der Waals surface area contributed by atoms with Crippen LogP contribution in [0.25, 0.3) is 0 Å². The molecule has 1 aromatic rings. The Bertz CT molecular complexity index is 531. The number of rotatable bonds is 3. The standard InChI is InChI=1S/C7H4BrF2NO4S/c8-5-3-4(16(14,15)7(9)10)1-2-6(5)11(12)13/h1-3,7H. The van der Waals surface area contributed by atoms with Gasteiger partial charge in [-0.25, -0.2) is 8.42 Å². The van der Waals surface area contributed by atoms with Crippen LogP contribution in [0.2, 0.25) is 0 Å². The van der Waals surface area contributed by atoms with Crippen LogP contribution >= 0.6 is 15.9 Å². The maximum atomic E-state index is 12.2. The van der Waals surface area contributed by atoms with Crippen LogP contribution in [-0.4, -0.2) is 19.1 Å². The van der Waals surface area contributed by atoms with Gasteiger partial charge >= 0.3 is 5.76 Å². The lowest BCUT2D eigenvalue weighted by molar-refractivity contribution is -0.385. The van der Waals surface area contributed by atoms with E-state index in [0.717, 1.165) is 18.2 Å². The molecule has 0 aliphatic carbocycles. The molecule has 0 aromatic heterocycles. The molecule has 0 bridgehead atoms. The van der Waals surface area contributed by atoms with E-state index >= 15 is 0 Å². The second-order valence-electron chi connectivity index (χ2n) is 2.68. The molecule has 5 nitrogen and oxygen atoms in total. The van der Waals surface area contributed by atoms with E-state index < -0.39 is 31.1 Å². The summed E-state index contributed by atoms with van der Waals surface area (Å²) in [5, 5.41) is 10.4. The van der Waals surface area contributed by atoms with Crippen molar-refractivity contribution in [2.24, 2.45) is 0 Å². The first-order valence-corrected chi connectivity index (χ1v) is 6.06. The number of hydrogen-bond acceptors (Lipinski definition) is 4. The van der Waals surface area contributed by atoms with Crippen molar-refractivity contribution in [3.63, 3.8) is 0 Å². The molecule has 9 heteroatoms. The first-order chi connectivity index (χ1) is 7.26. The van der Waals surface area contributed by atoms with Gasteiger partial charge in [-0.1, -0.05) is 0 Å². The largest absolute Gasteiger partial charge is 0.341 e. The predicted molar refractivity (Wildman–Crippen MR) is 54.0 cm³/mol. The van der Waals surface area contributed by atoms with Crippen LogP contribution in [0.3, 0.4) is 0 Å². The molecule has 0 aliphatic heterocycles. The normalized spacial score (nSPS) is 11.8. The summed E-state index contributed by atoms with van der Waals surface area (Å²) in [5.74, 6) is -3.55. The average molecular weight is 316 g/mol. The van der Waals surface area contributed by atoms with Crippen LogP contribution in [0.1, 0.15) is 0 Å². The highest BCUT2D eigenvalue weighted by molar-refractivity contribution is 9.10. The van der Waals surface area contributed by atoms with Gasteiger partial charge in [0.15, 0.2) is 0 Å². The number of nitro groups is 1. The van der Waals surface area contributed by atoms with Gasteiger partial charge in [-0.15, -0.1) is 0 Å². The van der Waals surface area contributed by atoms with E-state index in [1.165, 1.54) is 0 Å². The predicted octanol–water partition coefficient (Wildman–Crippen LogP) is 2.35. The summed E-state index contributed by atoms with van der Waals surface area (Å²) in [6.07, 6.45) is 0. The molecular formula is C7H4BrF2NO4S. The summed E-state index contributed by atoms with van der Waals surface area (Å²) in [5.41, 5.74) is -0.395. The quantitative estimate of drug-likeness (QED) is 0.633. The van der Waals surface area contributed by atoms with Crippen molar-refractivity contribution in [1.29, 1.82) is 0 Å². The minimum Gasteiger partial charge on any atom is -0.258 e. The van der Waals surface area contributed by atoms with Gasteiger partial charge in [0.25, 0.3) is 5.69 Å². The van der Waals surface area contributed by atoms with E-state index in [1.807, 2.05) is 0 Å². The molecule has 0 amide bonds. The lowest BCUT2D eigenvalue weighted by Crippen LogP contribution is -2.11. The van der Waals surface area contributed by atoms with Crippen LogP contribution in [-0.2, 0) is 9.84 Å². The third kappa shape index (κ3) is 2.35. The summed E-state index contributed by atoms with van der Waals surface area (Å²) in [4.78, 5) is 8.97. The summed E-state index contributed by atoms with van der Waals surface area (Å²) in [6.45, 7) is 0. The van der Waals surface area contributed by atoms with Gasteiger partial charge in [0, 0.05) is 6.07 Å². The number of alkyl halides is 2. The smallest absolute Gasteiger partial charge is 0.258 e. The molecule has 0 heterocycles. The van der Waals surface area contributed by atoms with Crippen LogP contribution in [0, 0.1) is 10.1 Å². The minimum atomic E-state index is -4.73. The Morgan fingerprint density at radius 3 is 2.31 bits per heavy atom. The molecule has 0 atom stereocenters. The van der Waals surface area contributed by atoms with Crippen molar-refractivity contribution in [3.05, 3.63) is 32.8 Å². The van der Waals surface area contributed by atoms with Crippen molar-refractivity contribution in [2.75, 3.05) is 0 Å². The van der Waals surface area contributed by atoms with Gasteiger partial charge in [-0.3, -0.25) is 10.1 Å². The topological polar surface area (TPSA) is 77.3 Å². The second-order valence-corrected chi connectivity index (χ2v) is 5.45. The number of nitro benzene ring substituents is 1. The number of nitrogens with zero attached hydrogens (tertiary/aromatic N) is 1. The van der Waals surface area contributed by atoms with Gasteiger partial charge in [-0.2, -0.15) is 8.78 Å². The number of sulfone groups is 1. The molecule has 0 spiro atoms. The van der Waals surface area contributed by atoms with Crippen molar-refractivity contribution in [2.45, 2.75) is 10.7 Å². The Labute approximate surface area is 97.3 Å². The first-order valence-electron chi connectivity index (χ1n) is 3.73. The SMILES string of the molecule is O=[N+]([O-])c1ccc(S(=O)(=O)C(F)F)cc1Br. The molecule has 0 saturated carbocycles. The molecule has 0 fully saturated rings. The van der Waals surface area contributed by atoms with Gasteiger partial charge < -0.3 is 0 Å². The number of hydrogen-bond donors (Lipinski definition) is 0. The van der Waals surface area contributed by atoms with Crippen LogP contribution in [0.4, 0.5) is 14.5 Å². The van der Waals surface area contributed by atoms with Crippen molar-refractivity contribution in [3.8, 4) is 0 Å². The van der Waals surface area contributed by atoms with Crippen LogP contribution < -0.4 is 0 Å². The molecule has 88 valence electrons. The number of benzene rings is 1. The van der Waals surface area contributed by atoms with Crippen molar-refractivity contribution >= 4 is 31.5 Å². The highest BCUT2D eigenvalue weighted by Crippen LogP contribution is 2.29. The molecular weight excluding hydrogens is 312 g/mol. The molecule has 1 rings (SSSR count). The zero-order chi connectivity index (χ0) is 12.5. The van der Waals surface area contributed by atoms with Crippen molar-refractivity contribution in [1.82, 2.24) is 0 Å². The molecule has 0 N–H and O–H groups in total. The maximum Gasteiger partial charge on any atom is 0.341 e. The lowest BCUT2D eigenvalue weighted by Gasteiger charge is -2.03. The fourth-order valence-electron chi connectivity index (χ4n) is 0.916. The van der Waals surface area contributed by atoms with E-state index in [-0.39, 0.29) is 4.47 Å². The lowest BCUT2D eigenvalue weighted by atomic mass is 10.3. The van der Waals surface area contributed by atoms with Crippen molar-refractivity contribution < 1.29 is 22.1 Å². The average Bonchev–Trinajstić information content (AvgIpc) is 2.16. The highest BCUT2D eigenvalue weighted by atomic mass is 79.9. The molecule has 1 aromatic carbocycles. The Kier molecular flexibility index (Phi) is 3.58. The third-order valence-corrected chi connectivity index (χ3v) is 3.69. The zero-order valence-corrected chi connectivity index (χ0v) is 9.83. The highest BCUT2D eigenvalue weighted by Gasteiger charge is 2.28. The Hall–Kier alpha value is -1.09. The molecule has 0 aliphatic rings. The summed E-state index contributed by atoms with van der Waals surface area (Å²) >= 11 is 2.74. The zero-order valence-electron chi connectivity index (χ0n) is 7.43. The van der Waals surface area contributed by atoms with E-state index in [4.69, 9.17) is 0 Å². The van der Waals surface area contributed by atoms with Gasteiger partial charge in [0.2, 0.25) is 9.84 Å².